The van der Waals surface area contributed by atoms with Crippen molar-refractivity contribution in [2.45, 2.75) is 6.54 Å². The van der Waals surface area contributed by atoms with E-state index in [9.17, 15) is 4.39 Å². The molecule has 0 radical (unpaired) electrons. The van der Waals surface area contributed by atoms with Crippen molar-refractivity contribution in [1.82, 2.24) is 5.32 Å². The van der Waals surface area contributed by atoms with Gasteiger partial charge >= 0.3 is 0 Å². The summed E-state index contributed by atoms with van der Waals surface area (Å²) in [5.41, 5.74) is 17.0. The summed E-state index contributed by atoms with van der Waals surface area (Å²) in [4.78, 5) is 0. The summed E-state index contributed by atoms with van der Waals surface area (Å²) in [6, 6.07) is 22.0. The van der Waals surface area contributed by atoms with Crippen LogP contribution in [0.1, 0.15) is 16.7 Å². The van der Waals surface area contributed by atoms with Gasteiger partial charge in [0.05, 0.1) is 5.02 Å². The molecule has 0 saturated carbocycles. The number of allylic oxidation sites excluding steroid dienone is 2. The summed E-state index contributed by atoms with van der Waals surface area (Å²) in [5.74, 6) is 0.0181. The first kappa shape index (κ1) is 22.0. The molecule has 0 spiro atoms. The third-order valence-corrected chi connectivity index (χ3v) is 4.83. The molecule has 4 nitrogen and oxygen atoms in total. The molecule has 3 rings (SSSR count). The molecular weight excluding hydrogens is 411 g/mol. The van der Waals surface area contributed by atoms with E-state index in [2.05, 4.69) is 17.2 Å². The summed E-state index contributed by atoms with van der Waals surface area (Å²) in [7, 11) is 0. The van der Waals surface area contributed by atoms with Crippen molar-refractivity contribution in [2.75, 3.05) is 5.32 Å². The first-order valence-electron chi connectivity index (χ1n) is 9.65. The monoisotopic (exact) mass is 434 g/mol. The van der Waals surface area contributed by atoms with Crippen molar-refractivity contribution in [3.8, 4) is 0 Å². The Kier molecular flexibility index (Phi) is 7.35. The number of hydrogen-bond donors (Lipinski definition) is 4. The number of hydrogen-bond acceptors (Lipinski definition) is 4. The lowest BCUT2D eigenvalue weighted by Crippen LogP contribution is -2.12. The van der Waals surface area contributed by atoms with Crippen LogP contribution < -0.4 is 22.1 Å². The first-order chi connectivity index (χ1) is 14.9. The molecule has 0 aliphatic rings. The van der Waals surface area contributed by atoms with Gasteiger partial charge in [-0.1, -0.05) is 66.7 Å². The van der Waals surface area contributed by atoms with Crippen LogP contribution in [-0.4, -0.2) is 0 Å². The van der Waals surface area contributed by atoms with Crippen molar-refractivity contribution in [2.24, 2.45) is 11.5 Å². The Balaban J connectivity index is 1.62. The highest BCUT2D eigenvalue weighted by atomic mass is 35.5. The summed E-state index contributed by atoms with van der Waals surface area (Å²) in [6.07, 6.45) is 3.48. The largest absolute Gasteiger partial charge is 0.398 e. The van der Waals surface area contributed by atoms with Crippen molar-refractivity contribution >= 4 is 28.7 Å². The molecule has 3 aromatic carbocycles. The molecule has 3 aromatic rings. The van der Waals surface area contributed by atoms with Crippen LogP contribution >= 0.6 is 11.6 Å². The number of nitrogens with two attached hydrogens (primary N) is 2. The van der Waals surface area contributed by atoms with Gasteiger partial charge in [-0.15, -0.1) is 0 Å². The van der Waals surface area contributed by atoms with Crippen LogP contribution in [0, 0.1) is 5.82 Å². The smallest absolute Gasteiger partial charge is 0.141 e. The number of anilines is 1. The van der Waals surface area contributed by atoms with Crippen molar-refractivity contribution < 1.29 is 4.39 Å². The summed E-state index contributed by atoms with van der Waals surface area (Å²) < 4.78 is 13.3. The van der Waals surface area contributed by atoms with E-state index in [1.54, 1.807) is 24.3 Å². The van der Waals surface area contributed by atoms with Crippen LogP contribution in [-0.2, 0) is 6.54 Å². The highest BCUT2D eigenvalue weighted by Crippen LogP contribution is 2.19. The predicted molar refractivity (Wildman–Crippen MR) is 128 cm³/mol. The van der Waals surface area contributed by atoms with Gasteiger partial charge in [0.1, 0.15) is 11.6 Å². The van der Waals surface area contributed by atoms with Crippen LogP contribution in [0.25, 0.3) is 11.4 Å². The van der Waals surface area contributed by atoms with Gasteiger partial charge in [0.2, 0.25) is 0 Å². The van der Waals surface area contributed by atoms with Gasteiger partial charge in [-0.25, -0.2) is 4.39 Å². The predicted octanol–water partition coefficient (Wildman–Crippen LogP) is 5.45. The van der Waals surface area contributed by atoms with Gasteiger partial charge in [-0.3, -0.25) is 0 Å². The van der Waals surface area contributed by atoms with Gasteiger partial charge in [-0.2, -0.15) is 0 Å². The zero-order chi connectivity index (χ0) is 22.2. The van der Waals surface area contributed by atoms with E-state index in [1.165, 1.54) is 6.07 Å². The molecule has 158 valence electrons. The molecule has 0 aliphatic carbocycles. The van der Waals surface area contributed by atoms with Crippen LogP contribution in [0.15, 0.2) is 97.3 Å². The Morgan fingerprint density at radius 1 is 0.935 bits per heavy atom. The maximum absolute atomic E-state index is 13.3. The SMILES string of the molecule is C=C(NCc1ccc(F)c(Cl)c1)c1cccc(N/C(N)=C/C=C(\N)c2ccccc2)c1. The lowest BCUT2D eigenvalue weighted by atomic mass is 10.1. The molecule has 31 heavy (non-hydrogen) atoms. The minimum atomic E-state index is -0.436. The molecule has 0 bridgehead atoms. The quantitative estimate of drug-likeness (QED) is 0.355. The average molecular weight is 435 g/mol. The van der Waals surface area contributed by atoms with E-state index in [-0.39, 0.29) is 5.02 Å². The Bertz CT molecular complexity index is 1120. The highest BCUT2D eigenvalue weighted by Gasteiger charge is 2.04. The third-order valence-electron chi connectivity index (χ3n) is 4.54. The Hall–Kier alpha value is -3.70. The lowest BCUT2D eigenvalue weighted by molar-refractivity contribution is 0.627. The van der Waals surface area contributed by atoms with Crippen LogP contribution in [0.4, 0.5) is 10.1 Å². The van der Waals surface area contributed by atoms with Crippen molar-refractivity contribution in [3.05, 3.63) is 125 Å². The summed E-state index contributed by atoms with van der Waals surface area (Å²) in [6.45, 7) is 4.55. The van der Waals surface area contributed by atoms with Crippen molar-refractivity contribution in [1.29, 1.82) is 0 Å². The van der Waals surface area contributed by atoms with Gasteiger partial charge in [-0.05, 0) is 53.1 Å². The lowest BCUT2D eigenvalue weighted by Gasteiger charge is -2.13. The Morgan fingerprint density at radius 2 is 1.68 bits per heavy atom. The molecule has 0 fully saturated rings. The molecule has 0 heterocycles. The molecule has 0 amide bonds. The van der Waals surface area contributed by atoms with Gasteiger partial charge in [0, 0.05) is 23.6 Å². The second kappa shape index (κ2) is 10.4. The second-order valence-electron chi connectivity index (χ2n) is 6.90. The second-order valence-corrected chi connectivity index (χ2v) is 7.30. The molecular formula is C25H24ClFN4. The fourth-order valence-electron chi connectivity index (χ4n) is 2.86. The topological polar surface area (TPSA) is 76.1 Å². The third kappa shape index (κ3) is 6.39. The summed E-state index contributed by atoms with van der Waals surface area (Å²) >= 11 is 5.83. The molecule has 6 N–H and O–H groups in total. The number of nitrogens with one attached hydrogen (secondary N) is 2. The van der Waals surface area contributed by atoms with Crippen LogP contribution in [0.5, 0.6) is 0 Å². The van der Waals surface area contributed by atoms with Crippen molar-refractivity contribution in [3.63, 3.8) is 0 Å². The average Bonchev–Trinajstić information content (AvgIpc) is 2.78. The van der Waals surface area contributed by atoms with E-state index in [0.29, 0.717) is 18.1 Å². The van der Waals surface area contributed by atoms with E-state index in [4.69, 9.17) is 23.1 Å². The number of halogens is 2. The zero-order valence-corrected chi connectivity index (χ0v) is 17.7. The molecule has 0 saturated heterocycles. The maximum Gasteiger partial charge on any atom is 0.141 e. The Morgan fingerprint density at radius 3 is 2.42 bits per heavy atom. The fourth-order valence-corrected chi connectivity index (χ4v) is 3.06. The van der Waals surface area contributed by atoms with Crippen LogP contribution in [0.3, 0.4) is 0 Å². The Labute approximate surface area is 186 Å². The minimum Gasteiger partial charge on any atom is -0.398 e. The molecule has 0 unspecified atom stereocenters. The maximum atomic E-state index is 13.3. The van der Waals surface area contributed by atoms with Crippen LogP contribution in [0.2, 0.25) is 5.02 Å². The van der Waals surface area contributed by atoms with E-state index in [0.717, 1.165) is 28.1 Å². The van der Waals surface area contributed by atoms with E-state index >= 15 is 0 Å². The molecule has 0 aromatic heterocycles. The summed E-state index contributed by atoms with van der Waals surface area (Å²) in [5, 5.41) is 6.47. The highest BCUT2D eigenvalue weighted by molar-refractivity contribution is 6.30. The normalized spacial score (nSPS) is 11.8. The van der Waals surface area contributed by atoms with Gasteiger partial charge < -0.3 is 22.1 Å². The zero-order valence-electron chi connectivity index (χ0n) is 16.9. The first-order valence-corrected chi connectivity index (χ1v) is 10.0. The molecule has 6 heteroatoms. The molecule has 0 aliphatic heterocycles. The minimum absolute atomic E-state index is 0.0975. The number of benzene rings is 3. The van der Waals surface area contributed by atoms with Gasteiger partial charge in [0.25, 0.3) is 0 Å². The number of rotatable bonds is 8. The van der Waals surface area contributed by atoms with E-state index in [1.807, 2.05) is 54.6 Å². The molecule has 0 atom stereocenters. The standard InChI is InChI=1S/C25H24ClFN4/c1-17(30-16-18-10-11-23(27)22(26)14-18)20-8-5-9-21(15-20)31-25(29)13-12-24(28)19-6-3-2-4-7-19/h2-15,30-31H,1,16,28-29H2/b24-12-,25-13+. The van der Waals surface area contributed by atoms with Gasteiger partial charge in [0.15, 0.2) is 0 Å². The fraction of sp³-hybridized carbons (Fsp3) is 0.0400. The van der Waals surface area contributed by atoms with E-state index < -0.39 is 5.82 Å².